The molecule has 6 nitrogen and oxygen atoms in total. The molecule has 0 radical (unpaired) electrons. The van der Waals surface area contributed by atoms with E-state index in [-0.39, 0.29) is 0 Å². The molecule has 40 heavy (non-hydrogen) atoms. The van der Waals surface area contributed by atoms with E-state index in [9.17, 15) is 10.0 Å². The van der Waals surface area contributed by atoms with Crippen LogP contribution in [0.4, 0.5) is 0 Å². The highest BCUT2D eigenvalue weighted by molar-refractivity contribution is 6.62. The lowest BCUT2D eigenvalue weighted by molar-refractivity contribution is 0.426. The summed E-state index contributed by atoms with van der Waals surface area (Å²) in [5.74, 6) is 0. The van der Waals surface area contributed by atoms with E-state index < -0.39 is 7.12 Å². The second-order valence-corrected chi connectivity index (χ2v) is 9.57. The Morgan fingerprint density at radius 2 is 1.18 bits per heavy atom. The first-order chi connectivity index (χ1) is 19.7. The van der Waals surface area contributed by atoms with Crippen molar-refractivity contribution in [2.24, 2.45) is 0 Å². The van der Waals surface area contributed by atoms with Gasteiger partial charge in [0.15, 0.2) is 0 Å². The van der Waals surface area contributed by atoms with Crippen molar-refractivity contribution in [1.29, 1.82) is 0 Å². The minimum atomic E-state index is -1.59. The molecule has 0 saturated carbocycles. The number of fused-ring (bicyclic) bond motifs is 3. The summed E-state index contributed by atoms with van der Waals surface area (Å²) in [6, 6.07) is 37.7. The van der Waals surface area contributed by atoms with Gasteiger partial charge in [0.25, 0.3) is 0 Å². The molecule has 7 heteroatoms. The van der Waals surface area contributed by atoms with E-state index in [4.69, 9.17) is 4.98 Å². The molecule has 0 aliphatic heterocycles. The molecular formula is C33H23BN4O2. The van der Waals surface area contributed by atoms with Gasteiger partial charge in [-0.2, -0.15) is 0 Å². The topological polar surface area (TPSA) is 84.1 Å². The zero-order chi connectivity index (χ0) is 27.1. The summed E-state index contributed by atoms with van der Waals surface area (Å²) in [7, 11) is -1.59. The Morgan fingerprint density at radius 3 is 1.80 bits per heavy atom. The molecular weight excluding hydrogens is 495 g/mol. The summed E-state index contributed by atoms with van der Waals surface area (Å²) >= 11 is 0. The Kier molecular flexibility index (Phi) is 5.93. The van der Waals surface area contributed by atoms with Crippen LogP contribution in [0, 0.1) is 0 Å². The summed E-state index contributed by atoms with van der Waals surface area (Å²) in [6.07, 6.45) is 3.53. The number of rotatable bonds is 5. The van der Waals surface area contributed by atoms with Crippen LogP contribution < -0.4 is 5.46 Å². The van der Waals surface area contributed by atoms with Crippen LogP contribution in [0.25, 0.3) is 61.4 Å². The molecule has 0 fully saturated rings. The SMILES string of the molecule is OB(O)c1cccc2c3ccccc3n(-c3ccc(-c4cc(-c5ccccn5)nc(-c5ccccn5)c4)cc3)c12. The highest BCUT2D eigenvalue weighted by Crippen LogP contribution is 2.33. The Bertz CT molecular complexity index is 1910. The Hall–Kier alpha value is -5.11. The third kappa shape index (κ3) is 4.14. The number of benzene rings is 3. The fourth-order valence-electron chi connectivity index (χ4n) is 5.31. The molecule has 190 valence electrons. The molecule has 7 aromatic rings. The van der Waals surface area contributed by atoms with Gasteiger partial charge in [0.2, 0.25) is 0 Å². The summed E-state index contributed by atoms with van der Waals surface area (Å²) in [6.45, 7) is 0. The molecule has 0 unspecified atom stereocenters. The lowest BCUT2D eigenvalue weighted by atomic mass is 9.79. The van der Waals surface area contributed by atoms with Crippen molar-refractivity contribution in [3.8, 4) is 39.6 Å². The predicted octanol–water partition coefficient (Wildman–Crippen LogP) is 5.65. The van der Waals surface area contributed by atoms with Crippen molar-refractivity contribution in [3.05, 3.63) is 128 Å². The fourth-order valence-corrected chi connectivity index (χ4v) is 5.31. The summed E-state index contributed by atoms with van der Waals surface area (Å²) in [4.78, 5) is 13.9. The standard InChI is InChI=1S/C33H23BN4O2/c39-34(40)27-10-7-9-26-25-8-1-2-13-32(25)38(33(26)27)24-16-14-22(15-17-24)23-20-30(28-11-3-5-18-35-28)37-31(21-23)29-12-4-6-19-36-29/h1-21,39-40H. The number of para-hydroxylation sites is 2. The van der Waals surface area contributed by atoms with Crippen LogP contribution in [0.3, 0.4) is 0 Å². The number of hydrogen-bond acceptors (Lipinski definition) is 5. The van der Waals surface area contributed by atoms with Gasteiger partial charge in [-0.25, -0.2) is 4.98 Å². The molecule has 4 aromatic heterocycles. The summed E-state index contributed by atoms with van der Waals surface area (Å²) in [5.41, 5.74) is 8.30. The van der Waals surface area contributed by atoms with E-state index in [2.05, 4.69) is 50.9 Å². The molecule has 3 aromatic carbocycles. The van der Waals surface area contributed by atoms with Crippen LogP contribution >= 0.6 is 0 Å². The summed E-state index contributed by atoms with van der Waals surface area (Å²) < 4.78 is 2.09. The molecule has 0 bridgehead atoms. The average molecular weight is 518 g/mol. The van der Waals surface area contributed by atoms with E-state index in [1.807, 2.05) is 72.8 Å². The van der Waals surface area contributed by atoms with Crippen molar-refractivity contribution >= 4 is 34.4 Å². The third-order valence-corrected chi connectivity index (χ3v) is 7.14. The van der Waals surface area contributed by atoms with Gasteiger partial charge in [-0.05, 0) is 65.7 Å². The molecule has 0 amide bonds. The first-order valence-corrected chi connectivity index (χ1v) is 13.0. The van der Waals surface area contributed by atoms with E-state index >= 15 is 0 Å². The van der Waals surface area contributed by atoms with Crippen molar-refractivity contribution in [2.45, 2.75) is 0 Å². The van der Waals surface area contributed by atoms with Crippen molar-refractivity contribution in [1.82, 2.24) is 19.5 Å². The Balaban J connectivity index is 1.39. The van der Waals surface area contributed by atoms with Crippen molar-refractivity contribution in [2.75, 3.05) is 0 Å². The Morgan fingerprint density at radius 1 is 0.550 bits per heavy atom. The van der Waals surface area contributed by atoms with Crippen molar-refractivity contribution < 1.29 is 10.0 Å². The number of aromatic nitrogens is 4. The largest absolute Gasteiger partial charge is 0.490 e. The summed E-state index contributed by atoms with van der Waals surface area (Å²) in [5, 5.41) is 22.4. The first-order valence-electron chi connectivity index (χ1n) is 13.0. The third-order valence-electron chi connectivity index (χ3n) is 7.14. The smallest absolute Gasteiger partial charge is 0.423 e. The zero-order valence-electron chi connectivity index (χ0n) is 21.4. The average Bonchev–Trinajstić information content (AvgIpc) is 3.36. The number of nitrogens with zero attached hydrogens (tertiary/aromatic N) is 4. The molecule has 0 aliphatic rings. The lowest BCUT2D eigenvalue weighted by Gasteiger charge is -2.13. The molecule has 7 rings (SSSR count). The van der Waals surface area contributed by atoms with E-state index in [1.165, 1.54) is 0 Å². The first kappa shape index (κ1) is 24.0. The molecule has 0 aliphatic carbocycles. The molecule has 0 spiro atoms. The van der Waals surface area contributed by atoms with Gasteiger partial charge in [-0.1, -0.05) is 60.7 Å². The maximum Gasteiger partial charge on any atom is 0.490 e. The van der Waals surface area contributed by atoms with Crippen molar-refractivity contribution in [3.63, 3.8) is 0 Å². The Labute approximate surface area is 231 Å². The van der Waals surface area contributed by atoms with Crippen LogP contribution in [0.2, 0.25) is 0 Å². The van der Waals surface area contributed by atoms with Crippen LogP contribution in [0.5, 0.6) is 0 Å². The predicted molar refractivity (Wildman–Crippen MR) is 160 cm³/mol. The maximum absolute atomic E-state index is 10.2. The number of pyridine rings is 3. The van der Waals surface area contributed by atoms with Crippen LogP contribution in [0.1, 0.15) is 0 Å². The van der Waals surface area contributed by atoms with E-state index in [1.54, 1.807) is 18.5 Å². The second-order valence-electron chi connectivity index (χ2n) is 9.57. The number of hydrogen-bond donors (Lipinski definition) is 2. The lowest BCUT2D eigenvalue weighted by Crippen LogP contribution is -2.31. The van der Waals surface area contributed by atoms with Gasteiger partial charge in [0.05, 0.1) is 33.8 Å². The van der Waals surface area contributed by atoms with Gasteiger partial charge in [0.1, 0.15) is 0 Å². The van der Waals surface area contributed by atoms with Crippen LogP contribution in [-0.4, -0.2) is 36.7 Å². The van der Waals surface area contributed by atoms with Gasteiger partial charge in [-0.15, -0.1) is 0 Å². The van der Waals surface area contributed by atoms with E-state index in [0.717, 1.165) is 61.4 Å². The molecule has 0 atom stereocenters. The molecule has 4 heterocycles. The second kappa shape index (κ2) is 9.89. The minimum Gasteiger partial charge on any atom is -0.423 e. The highest BCUT2D eigenvalue weighted by atomic mass is 16.4. The quantitative estimate of drug-likeness (QED) is 0.288. The van der Waals surface area contributed by atoms with Crippen LogP contribution in [-0.2, 0) is 0 Å². The van der Waals surface area contributed by atoms with Crippen LogP contribution in [0.15, 0.2) is 128 Å². The maximum atomic E-state index is 10.2. The van der Waals surface area contributed by atoms with Gasteiger partial charge in [0, 0.05) is 34.3 Å². The minimum absolute atomic E-state index is 0.465. The zero-order valence-corrected chi connectivity index (χ0v) is 21.4. The van der Waals surface area contributed by atoms with Gasteiger partial charge < -0.3 is 14.6 Å². The van der Waals surface area contributed by atoms with Gasteiger partial charge >= 0.3 is 7.12 Å². The monoisotopic (exact) mass is 518 g/mol. The highest BCUT2D eigenvalue weighted by Gasteiger charge is 2.21. The fraction of sp³-hybridized carbons (Fsp3) is 0. The normalized spacial score (nSPS) is 11.2. The molecule has 2 N–H and O–H groups in total. The van der Waals surface area contributed by atoms with E-state index in [0.29, 0.717) is 5.46 Å². The molecule has 0 saturated heterocycles. The van der Waals surface area contributed by atoms with Gasteiger partial charge in [-0.3, -0.25) is 9.97 Å².